The summed E-state index contributed by atoms with van der Waals surface area (Å²) in [6.45, 7) is 5.67. The second-order valence-electron chi connectivity index (χ2n) is 7.65. The van der Waals surface area contributed by atoms with E-state index in [2.05, 4.69) is 6.92 Å². The van der Waals surface area contributed by atoms with Gasteiger partial charge in [0, 0.05) is 12.0 Å². The molecule has 0 aromatic rings. The Bertz CT molecular complexity index is 475. The lowest BCUT2D eigenvalue weighted by Gasteiger charge is -2.60. The van der Waals surface area contributed by atoms with Crippen LogP contribution in [0.2, 0.25) is 0 Å². The molecule has 4 aliphatic rings. The molecule has 0 aromatic carbocycles. The summed E-state index contributed by atoms with van der Waals surface area (Å²) in [5.74, 6) is 2.50. The monoisotopic (exact) mass is 304 g/mol. The van der Waals surface area contributed by atoms with Gasteiger partial charge in [-0.1, -0.05) is 13.8 Å². The molecule has 0 radical (unpaired) electrons. The zero-order valence-corrected chi connectivity index (χ0v) is 14.1. The van der Waals surface area contributed by atoms with Crippen LogP contribution in [-0.2, 0) is 14.3 Å². The zero-order chi connectivity index (χ0) is 15.9. The summed E-state index contributed by atoms with van der Waals surface area (Å²) in [6.07, 6.45) is 9.08. The van der Waals surface area contributed by atoms with Crippen molar-refractivity contribution < 1.29 is 14.3 Å². The Hall–Kier alpha value is -1.12. The lowest BCUT2D eigenvalue weighted by molar-refractivity contribution is -0.207. The molecule has 4 fully saturated rings. The van der Waals surface area contributed by atoms with Crippen LogP contribution in [-0.4, -0.2) is 17.4 Å². The number of carbonyl (C=O) groups is 2. The Morgan fingerprint density at radius 3 is 2.05 bits per heavy atom. The van der Waals surface area contributed by atoms with Gasteiger partial charge in [0.2, 0.25) is 0 Å². The first-order valence-corrected chi connectivity index (χ1v) is 8.93. The Morgan fingerprint density at radius 1 is 1.05 bits per heavy atom. The molecule has 22 heavy (non-hydrogen) atoms. The van der Waals surface area contributed by atoms with Gasteiger partial charge in [0.25, 0.3) is 0 Å². The first kappa shape index (κ1) is 15.8. The van der Waals surface area contributed by atoms with Gasteiger partial charge < -0.3 is 4.74 Å². The van der Waals surface area contributed by atoms with Gasteiger partial charge in [-0.25, -0.2) is 4.79 Å². The average Bonchev–Trinajstić information content (AvgIpc) is 2.49. The van der Waals surface area contributed by atoms with E-state index in [-0.39, 0.29) is 17.4 Å². The number of esters is 1. The molecule has 0 unspecified atom stereocenters. The molecule has 122 valence electrons. The van der Waals surface area contributed by atoms with Crippen molar-refractivity contribution in [3.8, 4) is 0 Å². The first-order chi connectivity index (χ1) is 10.5. The van der Waals surface area contributed by atoms with E-state index in [1.54, 1.807) is 6.92 Å². The van der Waals surface area contributed by atoms with E-state index in [4.69, 9.17) is 4.74 Å². The summed E-state index contributed by atoms with van der Waals surface area (Å²) >= 11 is 0. The van der Waals surface area contributed by atoms with E-state index in [9.17, 15) is 9.59 Å². The molecule has 0 saturated heterocycles. The fourth-order valence-electron chi connectivity index (χ4n) is 5.45. The highest BCUT2D eigenvalue weighted by Gasteiger charge is 2.58. The van der Waals surface area contributed by atoms with E-state index in [1.165, 1.54) is 38.2 Å². The SMILES string of the molecule is CCC(=O)C=C(C)C(=O)OC1(CC)C2CC3CC(C2)CC1C3. The summed E-state index contributed by atoms with van der Waals surface area (Å²) in [4.78, 5) is 24.0. The van der Waals surface area contributed by atoms with Crippen molar-refractivity contribution in [3.63, 3.8) is 0 Å². The van der Waals surface area contributed by atoms with Crippen LogP contribution in [0.1, 0.15) is 65.7 Å². The smallest absolute Gasteiger partial charge is 0.334 e. The normalized spacial score (nSPS) is 39.9. The standard InChI is InChI=1S/C19H28O3/c1-4-17(20)6-12(3)18(21)22-19(5-2)15-8-13-7-14(10-15)11-16(19)9-13/h6,13-16H,4-5,7-11H2,1-3H3. The van der Waals surface area contributed by atoms with E-state index >= 15 is 0 Å². The number of ketones is 1. The molecule has 4 rings (SSSR count). The van der Waals surface area contributed by atoms with Crippen molar-refractivity contribution in [2.24, 2.45) is 23.7 Å². The Balaban J connectivity index is 1.78. The number of hydrogen-bond acceptors (Lipinski definition) is 3. The highest BCUT2D eigenvalue weighted by atomic mass is 16.6. The van der Waals surface area contributed by atoms with Crippen molar-refractivity contribution >= 4 is 11.8 Å². The van der Waals surface area contributed by atoms with Gasteiger partial charge in [0.1, 0.15) is 5.60 Å². The van der Waals surface area contributed by atoms with Crippen LogP contribution in [0.4, 0.5) is 0 Å². The third kappa shape index (κ3) is 2.53. The van der Waals surface area contributed by atoms with Crippen LogP contribution >= 0.6 is 0 Å². The minimum Gasteiger partial charge on any atom is -0.455 e. The predicted octanol–water partition coefficient (Wildman–Crippen LogP) is 4.06. The van der Waals surface area contributed by atoms with Crippen molar-refractivity contribution in [2.75, 3.05) is 0 Å². The summed E-state index contributed by atoms with van der Waals surface area (Å²) in [6, 6.07) is 0. The maximum Gasteiger partial charge on any atom is 0.334 e. The molecule has 3 heteroatoms. The number of allylic oxidation sites excluding steroid dienone is 1. The average molecular weight is 304 g/mol. The summed E-state index contributed by atoms with van der Waals surface area (Å²) in [7, 11) is 0. The van der Waals surface area contributed by atoms with E-state index in [1.807, 2.05) is 6.92 Å². The fourth-order valence-corrected chi connectivity index (χ4v) is 5.45. The van der Waals surface area contributed by atoms with E-state index < -0.39 is 0 Å². The lowest BCUT2D eigenvalue weighted by Crippen LogP contribution is -2.59. The number of carbonyl (C=O) groups excluding carboxylic acids is 2. The molecule has 0 aliphatic heterocycles. The third-order valence-corrected chi connectivity index (χ3v) is 6.40. The number of hydrogen-bond donors (Lipinski definition) is 0. The van der Waals surface area contributed by atoms with Gasteiger partial charge in [-0.05, 0) is 75.2 Å². The molecule has 0 N–H and O–H groups in total. The maximum atomic E-state index is 12.5. The van der Waals surface area contributed by atoms with Crippen molar-refractivity contribution in [1.82, 2.24) is 0 Å². The molecule has 4 saturated carbocycles. The van der Waals surface area contributed by atoms with Gasteiger partial charge in [-0.3, -0.25) is 4.79 Å². The highest BCUT2D eigenvalue weighted by Crippen LogP contribution is 2.60. The highest BCUT2D eigenvalue weighted by molar-refractivity contribution is 5.99. The zero-order valence-electron chi connectivity index (χ0n) is 14.1. The largest absolute Gasteiger partial charge is 0.455 e. The Kier molecular flexibility index (Phi) is 4.17. The molecule has 4 aliphatic carbocycles. The Morgan fingerprint density at radius 2 is 1.59 bits per heavy atom. The molecule has 0 heterocycles. The minimum atomic E-state index is -0.281. The first-order valence-electron chi connectivity index (χ1n) is 8.93. The van der Waals surface area contributed by atoms with Crippen molar-refractivity contribution in [1.29, 1.82) is 0 Å². The fraction of sp³-hybridized carbons (Fsp3) is 0.789. The van der Waals surface area contributed by atoms with Gasteiger partial charge in [-0.2, -0.15) is 0 Å². The Labute approximate surface area is 133 Å². The predicted molar refractivity (Wildman–Crippen MR) is 85.2 cm³/mol. The van der Waals surface area contributed by atoms with Gasteiger partial charge in [0.05, 0.1) is 0 Å². The maximum absolute atomic E-state index is 12.5. The minimum absolute atomic E-state index is 0.00918. The van der Waals surface area contributed by atoms with Crippen LogP contribution in [0.5, 0.6) is 0 Å². The number of rotatable bonds is 5. The van der Waals surface area contributed by atoms with Crippen molar-refractivity contribution in [3.05, 3.63) is 11.6 Å². The molecule has 4 bridgehead atoms. The van der Waals surface area contributed by atoms with Crippen LogP contribution in [0, 0.1) is 23.7 Å². The van der Waals surface area contributed by atoms with E-state index in [0.29, 0.717) is 23.8 Å². The van der Waals surface area contributed by atoms with Gasteiger partial charge in [-0.15, -0.1) is 0 Å². The van der Waals surface area contributed by atoms with Crippen LogP contribution in [0.25, 0.3) is 0 Å². The van der Waals surface area contributed by atoms with Crippen molar-refractivity contribution in [2.45, 2.75) is 71.3 Å². The quantitative estimate of drug-likeness (QED) is 0.568. The van der Waals surface area contributed by atoms with Gasteiger partial charge in [0.15, 0.2) is 5.78 Å². The topological polar surface area (TPSA) is 43.4 Å². The van der Waals surface area contributed by atoms with Crippen LogP contribution in [0.3, 0.4) is 0 Å². The molecule has 0 atom stereocenters. The van der Waals surface area contributed by atoms with E-state index in [0.717, 1.165) is 18.3 Å². The molecular weight excluding hydrogens is 276 g/mol. The third-order valence-electron chi connectivity index (χ3n) is 6.40. The summed E-state index contributed by atoms with van der Waals surface area (Å²) < 4.78 is 6.11. The van der Waals surface area contributed by atoms with Crippen LogP contribution in [0.15, 0.2) is 11.6 Å². The molecular formula is C19H28O3. The summed E-state index contributed by atoms with van der Waals surface area (Å²) in [5.41, 5.74) is 0.183. The van der Waals surface area contributed by atoms with Crippen LogP contribution < -0.4 is 0 Å². The molecule has 3 nitrogen and oxygen atoms in total. The lowest BCUT2D eigenvalue weighted by atomic mass is 9.49. The molecule has 0 spiro atoms. The summed E-state index contributed by atoms with van der Waals surface area (Å²) in [5, 5.41) is 0. The van der Waals surface area contributed by atoms with Gasteiger partial charge >= 0.3 is 5.97 Å². The molecule has 0 aromatic heterocycles. The second-order valence-corrected chi connectivity index (χ2v) is 7.65. The number of ether oxygens (including phenoxy) is 1. The second kappa shape index (κ2) is 5.82. The molecule has 0 amide bonds.